The maximum atomic E-state index is 11.6. The highest BCUT2D eigenvalue weighted by Gasteiger charge is 2.26. The van der Waals surface area contributed by atoms with Gasteiger partial charge < -0.3 is 10.3 Å². The van der Waals surface area contributed by atoms with Crippen LogP contribution in [0.5, 0.6) is 0 Å². The van der Waals surface area contributed by atoms with E-state index in [4.69, 9.17) is 0 Å². The zero-order valence-electron chi connectivity index (χ0n) is 10.7. The van der Waals surface area contributed by atoms with E-state index in [1.807, 2.05) is 0 Å². The van der Waals surface area contributed by atoms with Crippen molar-refractivity contribution in [1.29, 1.82) is 0 Å². The average Bonchev–Trinajstić information content (AvgIpc) is 3.16. The topological polar surface area (TPSA) is 57.8 Å². The minimum absolute atomic E-state index is 0.0250. The Hall–Kier alpha value is -1.32. The van der Waals surface area contributed by atoms with Gasteiger partial charge in [0.2, 0.25) is 0 Å². The quantitative estimate of drug-likeness (QED) is 0.807. The van der Waals surface area contributed by atoms with Crippen molar-refractivity contribution in [2.45, 2.75) is 63.3 Å². The van der Waals surface area contributed by atoms with Crippen LogP contribution in [0.4, 0.5) is 5.82 Å². The Labute approximate surface area is 107 Å². The molecule has 2 saturated carbocycles. The van der Waals surface area contributed by atoms with Crippen LogP contribution in [0.15, 0.2) is 10.9 Å². The van der Waals surface area contributed by atoms with Crippen molar-refractivity contribution in [3.63, 3.8) is 0 Å². The number of H-pyrrole nitrogens is 1. The van der Waals surface area contributed by atoms with E-state index in [0.29, 0.717) is 12.0 Å². The summed E-state index contributed by atoms with van der Waals surface area (Å²) in [5.74, 6) is 2.14. The molecule has 0 aliphatic heterocycles. The third kappa shape index (κ3) is 2.92. The van der Waals surface area contributed by atoms with Gasteiger partial charge in [-0.2, -0.15) is 0 Å². The van der Waals surface area contributed by atoms with Crippen molar-refractivity contribution in [2.75, 3.05) is 5.32 Å². The third-order valence-electron chi connectivity index (χ3n) is 3.93. The van der Waals surface area contributed by atoms with Crippen LogP contribution in [0.1, 0.15) is 63.1 Å². The molecule has 0 radical (unpaired) electrons. The van der Waals surface area contributed by atoms with Crippen molar-refractivity contribution in [3.8, 4) is 0 Å². The molecule has 3 rings (SSSR count). The highest BCUT2D eigenvalue weighted by molar-refractivity contribution is 5.35. The standard InChI is InChI=1S/C14H21N3O/c18-13-9-12(16-14(17-13)10-7-8-10)15-11-5-3-1-2-4-6-11/h9-11H,1-8H2,(H2,15,16,17,18). The van der Waals surface area contributed by atoms with Crippen molar-refractivity contribution >= 4 is 5.82 Å². The van der Waals surface area contributed by atoms with Gasteiger partial charge in [-0.15, -0.1) is 0 Å². The lowest BCUT2D eigenvalue weighted by Gasteiger charge is -2.17. The molecule has 1 aromatic rings. The second kappa shape index (κ2) is 5.12. The minimum atomic E-state index is -0.0250. The number of anilines is 1. The predicted molar refractivity (Wildman–Crippen MR) is 71.9 cm³/mol. The molecule has 2 aliphatic carbocycles. The van der Waals surface area contributed by atoms with Gasteiger partial charge in [0.25, 0.3) is 5.56 Å². The van der Waals surface area contributed by atoms with Crippen LogP contribution in [0, 0.1) is 0 Å². The van der Waals surface area contributed by atoms with Crippen LogP contribution >= 0.6 is 0 Å². The molecule has 0 saturated heterocycles. The third-order valence-corrected chi connectivity index (χ3v) is 3.93. The fourth-order valence-electron chi connectivity index (χ4n) is 2.73. The maximum absolute atomic E-state index is 11.6. The largest absolute Gasteiger partial charge is 0.367 e. The molecule has 0 bridgehead atoms. The summed E-state index contributed by atoms with van der Waals surface area (Å²) in [5.41, 5.74) is -0.0250. The van der Waals surface area contributed by atoms with Crippen LogP contribution < -0.4 is 10.9 Å². The van der Waals surface area contributed by atoms with Gasteiger partial charge in [-0.1, -0.05) is 25.7 Å². The van der Waals surface area contributed by atoms with Crippen molar-refractivity contribution in [2.24, 2.45) is 0 Å². The number of aromatic amines is 1. The van der Waals surface area contributed by atoms with Gasteiger partial charge in [0.1, 0.15) is 11.6 Å². The van der Waals surface area contributed by atoms with Crippen molar-refractivity contribution in [3.05, 3.63) is 22.2 Å². The molecule has 1 heterocycles. The van der Waals surface area contributed by atoms with Crippen LogP contribution in [0.3, 0.4) is 0 Å². The molecule has 18 heavy (non-hydrogen) atoms. The van der Waals surface area contributed by atoms with Gasteiger partial charge in [0, 0.05) is 18.0 Å². The second-order valence-electron chi connectivity index (χ2n) is 5.62. The first-order valence-corrected chi connectivity index (χ1v) is 7.19. The summed E-state index contributed by atoms with van der Waals surface area (Å²) in [6, 6.07) is 2.09. The van der Waals surface area contributed by atoms with Gasteiger partial charge in [-0.3, -0.25) is 4.79 Å². The van der Waals surface area contributed by atoms with Crippen molar-refractivity contribution < 1.29 is 0 Å². The van der Waals surface area contributed by atoms with E-state index in [1.54, 1.807) is 6.07 Å². The number of rotatable bonds is 3. The molecule has 0 aromatic carbocycles. The molecule has 0 atom stereocenters. The number of nitrogens with one attached hydrogen (secondary N) is 2. The molecule has 4 nitrogen and oxygen atoms in total. The molecule has 98 valence electrons. The second-order valence-corrected chi connectivity index (χ2v) is 5.62. The first kappa shape index (κ1) is 11.8. The summed E-state index contributed by atoms with van der Waals surface area (Å²) < 4.78 is 0. The molecule has 2 aliphatic rings. The van der Waals surface area contributed by atoms with E-state index in [1.165, 1.54) is 38.5 Å². The summed E-state index contributed by atoms with van der Waals surface area (Å²) >= 11 is 0. The molecule has 0 spiro atoms. The normalized spacial score (nSPS) is 21.6. The molecule has 0 unspecified atom stereocenters. The maximum Gasteiger partial charge on any atom is 0.252 e. The zero-order valence-corrected chi connectivity index (χ0v) is 10.7. The molecule has 0 amide bonds. The van der Waals surface area contributed by atoms with Crippen LogP contribution in [0.25, 0.3) is 0 Å². The lowest BCUT2D eigenvalue weighted by atomic mass is 10.1. The van der Waals surface area contributed by atoms with Crippen LogP contribution in [0.2, 0.25) is 0 Å². The van der Waals surface area contributed by atoms with Gasteiger partial charge >= 0.3 is 0 Å². The fraction of sp³-hybridized carbons (Fsp3) is 0.714. The first-order chi connectivity index (χ1) is 8.81. The summed E-state index contributed by atoms with van der Waals surface area (Å²) in [6.45, 7) is 0. The summed E-state index contributed by atoms with van der Waals surface area (Å²) in [7, 11) is 0. The first-order valence-electron chi connectivity index (χ1n) is 7.19. The number of nitrogens with zero attached hydrogens (tertiary/aromatic N) is 1. The molecular formula is C14H21N3O. The van der Waals surface area contributed by atoms with Crippen molar-refractivity contribution in [1.82, 2.24) is 9.97 Å². The van der Waals surface area contributed by atoms with E-state index in [-0.39, 0.29) is 5.56 Å². The molecule has 4 heteroatoms. The number of hydrogen-bond acceptors (Lipinski definition) is 3. The van der Waals surface area contributed by atoms with Gasteiger partial charge in [0.15, 0.2) is 0 Å². The van der Waals surface area contributed by atoms with Crippen LogP contribution in [-0.4, -0.2) is 16.0 Å². The van der Waals surface area contributed by atoms with E-state index >= 15 is 0 Å². The molecule has 2 N–H and O–H groups in total. The van der Waals surface area contributed by atoms with Gasteiger partial charge in [0.05, 0.1) is 0 Å². The SMILES string of the molecule is O=c1cc(NC2CCCCCC2)nc(C2CC2)[nH]1. The number of hydrogen-bond donors (Lipinski definition) is 2. The Kier molecular flexibility index (Phi) is 3.35. The Morgan fingerprint density at radius 1 is 1.11 bits per heavy atom. The Bertz CT molecular complexity index is 456. The monoisotopic (exact) mass is 247 g/mol. The van der Waals surface area contributed by atoms with E-state index in [9.17, 15) is 4.79 Å². The smallest absolute Gasteiger partial charge is 0.252 e. The summed E-state index contributed by atoms with van der Waals surface area (Å²) in [6.07, 6.45) is 9.99. The van der Waals surface area contributed by atoms with Crippen LogP contribution in [-0.2, 0) is 0 Å². The highest BCUT2D eigenvalue weighted by Crippen LogP contribution is 2.37. The van der Waals surface area contributed by atoms with E-state index in [2.05, 4.69) is 15.3 Å². The summed E-state index contributed by atoms with van der Waals surface area (Å²) in [5, 5.41) is 3.45. The van der Waals surface area contributed by atoms with E-state index < -0.39 is 0 Å². The van der Waals surface area contributed by atoms with Gasteiger partial charge in [-0.25, -0.2) is 4.98 Å². The summed E-state index contributed by atoms with van der Waals surface area (Å²) in [4.78, 5) is 19.0. The molecule has 1 aromatic heterocycles. The number of aromatic nitrogens is 2. The lowest BCUT2D eigenvalue weighted by Crippen LogP contribution is -2.21. The Morgan fingerprint density at radius 3 is 2.50 bits per heavy atom. The fourth-order valence-corrected chi connectivity index (χ4v) is 2.73. The Balaban J connectivity index is 1.72. The van der Waals surface area contributed by atoms with Gasteiger partial charge in [-0.05, 0) is 25.7 Å². The highest BCUT2D eigenvalue weighted by atomic mass is 16.1. The average molecular weight is 247 g/mol. The molecule has 2 fully saturated rings. The van der Waals surface area contributed by atoms with E-state index in [0.717, 1.165) is 24.5 Å². The molecular weight excluding hydrogens is 226 g/mol. The predicted octanol–water partition coefficient (Wildman–Crippen LogP) is 2.78. The lowest BCUT2D eigenvalue weighted by molar-refractivity contribution is 0.616. The Morgan fingerprint density at radius 2 is 1.83 bits per heavy atom. The zero-order chi connectivity index (χ0) is 12.4. The minimum Gasteiger partial charge on any atom is -0.367 e.